The maximum atomic E-state index is 11.8. The van der Waals surface area contributed by atoms with E-state index in [-0.39, 0.29) is 18.0 Å². The summed E-state index contributed by atoms with van der Waals surface area (Å²) >= 11 is 0. The summed E-state index contributed by atoms with van der Waals surface area (Å²) in [7, 11) is 1.63. The van der Waals surface area contributed by atoms with Gasteiger partial charge in [0.2, 0.25) is 5.91 Å². The van der Waals surface area contributed by atoms with Crippen molar-refractivity contribution in [1.29, 1.82) is 0 Å². The third-order valence-corrected chi connectivity index (χ3v) is 2.84. The van der Waals surface area contributed by atoms with Crippen LogP contribution < -0.4 is 11.1 Å². The second kappa shape index (κ2) is 7.88. The molecule has 1 rings (SSSR count). The van der Waals surface area contributed by atoms with E-state index in [0.29, 0.717) is 19.5 Å². The van der Waals surface area contributed by atoms with Gasteiger partial charge in [-0.05, 0) is 24.1 Å². The Morgan fingerprint density at radius 3 is 2.38 bits per heavy atom. The van der Waals surface area contributed by atoms with Gasteiger partial charge in [0.05, 0.1) is 5.56 Å². The summed E-state index contributed by atoms with van der Waals surface area (Å²) in [6, 6.07) is 6.06. The summed E-state index contributed by atoms with van der Waals surface area (Å²) in [6.07, 6.45) is 0.739. The largest absolute Gasteiger partial charge is 0.478 e. The number of carboxylic acids is 1. The normalized spacial score (nSPS) is 9.95. The van der Waals surface area contributed by atoms with Crippen molar-refractivity contribution in [3.05, 3.63) is 35.4 Å². The van der Waals surface area contributed by atoms with Gasteiger partial charge >= 0.3 is 12.0 Å². The zero-order chi connectivity index (χ0) is 15.8. The molecule has 0 radical (unpaired) electrons. The number of nitrogens with one attached hydrogen (secondary N) is 1. The minimum atomic E-state index is -0.984. The Balaban J connectivity index is 2.41. The number of hydrogen-bond acceptors (Lipinski definition) is 3. The Morgan fingerprint density at radius 2 is 1.86 bits per heavy atom. The summed E-state index contributed by atoms with van der Waals surface area (Å²) in [6.45, 7) is 0.742. The van der Waals surface area contributed by atoms with Gasteiger partial charge in [-0.2, -0.15) is 0 Å². The van der Waals surface area contributed by atoms with E-state index in [4.69, 9.17) is 10.8 Å². The summed E-state index contributed by atoms with van der Waals surface area (Å²) in [5, 5.41) is 11.5. The van der Waals surface area contributed by atoms with Gasteiger partial charge in [-0.25, -0.2) is 9.59 Å². The predicted molar refractivity (Wildman–Crippen MR) is 76.7 cm³/mol. The minimum absolute atomic E-state index is 0.206. The van der Waals surface area contributed by atoms with E-state index >= 15 is 0 Å². The lowest BCUT2D eigenvalue weighted by molar-refractivity contribution is -0.118. The van der Waals surface area contributed by atoms with Crippen molar-refractivity contribution >= 4 is 17.9 Å². The number of rotatable bonds is 7. The number of primary amides is 1. The van der Waals surface area contributed by atoms with Gasteiger partial charge in [-0.15, -0.1) is 0 Å². The van der Waals surface area contributed by atoms with Crippen LogP contribution in [0.15, 0.2) is 24.3 Å². The van der Waals surface area contributed by atoms with Gasteiger partial charge in [0.15, 0.2) is 0 Å². The van der Waals surface area contributed by atoms with Gasteiger partial charge < -0.3 is 21.1 Å². The number of aromatic carboxylic acids is 1. The van der Waals surface area contributed by atoms with E-state index in [1.807, 2.05) is 0 Å². The maximum absolute atomic E-state index is 11.8. The monoisotopic (exact) mass is 293 g/mol. The first kappa shape index (κ1) is 16.5. The van der Waals surface area contributed by atoms with E-state index < -0.39 is 11.9 Å². The van der Waals surface area contributed by atoms with E-state index in [0.717, 1.165) is 5.56 Å². The molecule has 4 N–H and O–H groups in total. The molecule has 0 spiro atoms. The molecule has 0 aliphatic rings. The van der Waals surface area contributed by atoms with Crippen LogP contribution in [-0.2, 0) is 11.3 Å². The number of urea groups is 1. The Morgan fingerprint density at radius 1 is 1.24 bits per heavy atom. The molecule has 0 fully saturated rings. The second-order valence-electron chi connectivity index (χ2n) is 4.66. The quantitative estimate of drug-likeness (QED) is 0.645. The fourth-order valence-corrected chi connectivity index (χ4v) is 1.69. The number of amides is 3. The molecule has 7 nitrogen and oxygen atoms in total. The van der Waals surface area contributed by atoms with Crippen LogP contribution in [0.5, 0.6) is 0 Å². The minimum Gasteiger partial charge on any atom is -0.478 e. The molecule has 3 amide bonds. The smallest absolute Gasteiger partial charge is 0.335 e. The van der Waals surface area contributed by atoms with Gasteiger partial charge in [-0.3, -0.25) is 4.79 Å². The Labute approximate surface area is 122 Å². The Hall–Kier alpha value is -2.57. The molecule has 0 atom stereocenters. The van der Waals surface area contributed by atoms with Crippen LogP contribution in [-0.4, -0.2) is 41.5 Å². The highest BCUT2D eigenvalue weighted by Crippen LogP contribution is 2.07. The van der Waals surface area contributed by atoms with Crippen LogP contribution in [0.2, 0.25) is 0 Å². The molecule has 0 saturated heterocycles. The standard InChI is InChI=1S/C14H19N3O4/c1-17(14(21)16-8-2-3-12(15)18)9-10-4-6-11(7-5-10)13(19)20/h4-7H,2-3,8-9H2,1H3,(H2,15,18)(H,16,21)(H,19,20). The Kier molecular flexibility index (Phi) is 6.19. The van der Waals surface area contributed by atoms with Crippen LogP contribution in [0.3, 0.4) is 0 Å². The first-order valence-electron chi connectivity index (χ1n) is 6.49. The fourth-order valence-electron chi connectivity index (χ4n) is 1.69. The number of hydrogen-bond donors (Lipinski definition) is 3. The molecule has 0 heterocycles. The topological polar surface area (TPSA) is 113 Å². The summed E-state index contributed by atoms with van der Waals surface area (Å²) in [5.41, 5.74) is 6.04. The van der Waals surface area contributed by atoms with Gasteiger partial charge in [0, 0.05) is 26.6 Å². The van der Waals surface area contributed by atoms with Crippen molar-refractivity contribution in [2.75, 3.05) is 13.6 Å². The number of carbonyl (C=O) groups is 3. The highest BCUT2D eigenvalue weighted by molar-refractivity contribution is 5.87. The van der Waals surface area contributed by atoms with E-state index in [9.17, 15) is 14.4 Å². The van der Waals surface area contributed by atoms with Crippen LogP contribution in [0, 0.1) is 0 Å². The van der Waals surface area contributed by atoms with Gasteiger partial charge in [-0.1, -0.05) is 12.1 Å². The number of benzene rings is 1. The molecule has 7 heteroatoms. The zero-order valence-corrected chi connectivity index (χ0v) is 11.8. The maximum Gasteiger partial charge on any atom is 0.335 e. The molecule has 0 unspecified atom stereocenters. The SMILES string of the molecule is CN(Cc1ccc(C(=O)O)cc1)C(=O)NCCCC(N)=O. The zero-order valence-electron chi connectivity index (χ0n) is 11.8. The fraction of sp³-hybridized carbons (Fsp3) is 0.357. The third-order valence-electron chi connectivity index (χ3n) is 2.84. The van der Waals surface area contributed by atoms with Crippen molar-refractivity contribution in [1.82, 2.24) is 10.2 Å². The van der Waals surface area contributed by atoms with E-state index in [2.05, 4.69) is 5.32 Å². The lowest BCUT2D eigenvalue weighted by Crippen LogP contribution is -2.37. The number of carboxylic acid groups (broad SMARTS) is 1. The summed E-state index contributed by atoms with van der Waals surface area (Å²) < 4.78 is 0. The highest BCUT2D eigenvalue weighted by Gasteiger charge is 2.09. The molecule has 114 valence electrons. The van der Waals surface area contributed by atoms with E-state index in [1.54, 1.807) is 19.2 Å². The van der Waals surface area contributed by atoms with Gasteiger partial charge in [0.25, 0.3) is 0 Å². The Bertz CT molecular complexity index is 513. The highest BCUT2D eigenvalue weighted by atomic mass is 16.4. The molecule has 0 saturated carbocycles. The molecule has 0 aliphatic heterocycles. The average Bonchev–Trinajstić information content (AvgIpc) is 2.43. The molecular formula is C14H19N3O4. The van der Waals surface area contributed by atoms with Gasteiger partial charge in [0.1, 0.15) is 0 Å². The van der Waals surface area contributed by atoms with E-state index in [1.165, 1.54) is 17.0 Å². The molecular weight excluding hydrogens is 274 g/mol. The molecule has 21 heavy (non-hydrogen) atoms. The first-order chi connectivity index (χ1) is 9.90. The lowest BCUT2D eigenvalue weighted by atomic mass is 10.1. The molecule has 0 aliphatic carbocycles. The van der Waals surface area contributed by atoms with Crippen LogP contribution >= 0.6 is 0 Å². The van der Waals surface area contributed by atoms with Crippen molar-refractivity contribution in [2.24, 2.45) is 5.73 Å². The van der Waals surface area contributed by atoms with Crippen LogP contribution in [0.25, 0.3) is 0 Å². The van der Waals surface area contributed by atoms with Crippen molar-refractivity contribution in [2.45, 2.75) is 19.4 Å². The van der Waals surface area contributed by atoms with Crippen LogP contribution in [0.4, 0.5) is 4.79 Å². The van der Waals surface area contributed by atoms with Crippen LogP contribution in [0.1, 0.15) is 28.8 Å². The summed E-state index contributed by atoms with van der Waals surface area (Å²) in [5.74, 6) is -1.38. The van der Waals surface area contributed by atoms with Crippen molar-refractivity contribution < 1.29 is 19.5 Å². The molecule has 0 bridgehead atoms. The predicted octanol–water partition coefficient (Wildman–Crippen LogP) is 0.792. The third kappa shape index (κ3) is 5.94. The molecule has 0 aromatic heterocycles. The van der Waals surface area contributed by atoms with Crippen molar-refractivity contribution in [3.63, 3.8) is 0 Å². The molecule has 1 aromatic rings. The van der Waals surface area contributed by atoms with Crippen molar-refractivity contribution in [3.8, 4) is 0 Å². The first-order valence-corrected chi connectivity index (χ1v) is 6.49. The average molecular weight is 293 g/mol. The summed E-state index contributed by atoms with van der Waals surface area (Å²) in [4.78, 5) is 34.5. The number of carbonyl (C=O) groups excluding carboxylic acids is 2. The molecule has 1 aromatic carbocycles. The second-order valence-corrected chi connectivity index (χ2v) is 4.66. The lowest BCUT2D eigenvalue weighted by Gasteiger charge is -2.18. The number of nitrogens with two attached hydrogens (primary N) is 1. The number of nitrogens with zero attached hydrogens (tertiary/aromatic N) is 1.